The zero-order chi connectivity index (χ0) is 13.1. The summed E-state index contributed by atoms with van der Waals surface area (Å²) >= 11 is 0. The number of aliphatic hydroxyl groups is 2. The van der Waals surface area contributed by atoms with Gasteiger partial charge in [-0.2, -0.15) is 0 Å². The first-order valence-electron chi connectivity index (χ1n) is 5.85. The Labute approximate surface area is 105 Å². The van der Waals surface area contributed by atoms with Crippen LogP contribution in [0.25, 0.3) is 0 Å². The first-order chi connectivity index (χ1) is 8.67. The van der Waals surface area contributed by atoms with E-state index in [9.17, 15) is 4.79 Å². The van der Waals surface area contributed by atoms with Gasteiger partial charge in [-0.1, -0.05) is 0 Å². The maximum absolute atomic E-state index is 11.5. The van der Waals surface area contributed by atoms with E-state index in [1.807, 2.05) is 11.9 Å². The first kappa shape index (κ1) is 12.9. The monoisotopic (exact) mass is 251 g/mol. The Bertz CT molecular complexity index is 463. The van der Waals surface area contributed by atoms with E-state index in [2.05, 4.69) is 9.98 Å². The summed E-state index contributed by atoms with van der Waals surface area (Å²) in [4.78, 5) is 20.1. The van der Waals surface area contributed by atoms with E-state index in [1.165, 1.54) is 0 Å². The number of hydrogen-bond acceptors (Lipinski definition) is 4. The average Bonchev–Trinajstić information content (AvgIpc) is 2.76. The molecule has 1 aliphatic heterocycles. The maximum Gasteiger partial charge on any atom is 0.293 e. The summed E-state index contributed by atoms with van der Waals surface area (Å²) in [5.41, 5.74) is 2.50. The summed E-state index contributed by atoms with van der Waals surface area (Å²) in [5, 5.41) is 18.2. The number of nitrogens with zero attached hydrogens (tertiary/aromatic N) is 2. The van der Waals surface area contributed by atoms with Gasteiger partial charge >= 0.3 is 0 Å². The molecule has 3 N–H and O–H groups in total. The lowest BCUT2D eigenvalue weighted by molar-refractivity contribution is 0.0871. The van der Waals surface area contributed by atoms with Gasteiger partial charge < -0.3 is 15.2 Å². The van der Waals surface area contributed by atoms with Crippen molar-refractivity contribution in [2.24, 2.45) is 4.99 Å². The summed E-state index contributed by atoms with van der Waals surface area (Å²) in [6, 6.07) is -0.288. The van der Waals surface area contributed by atoms with Crippen LogP contribution in [0.2, 0.25) is 0 Å². The van der Waals surface area contributed by atoms with E-state index in [0.717, 1.165) is 11.1 Å². The van der Waals surface area contributed by atoms with Crippen LogP contribution in [0.3, 0.4) is 0 Å². The number of amides is 1. The van der Waals surface area contributed by atoms with Crippen LogP contribution < -0.4 is 0 Å². The molecule has 0 saturated carbocycles. The number of aromatic nitrogens is 1. The summed E-state index contributed by atoms with van der Waals surface area (Å²) in [6.07, 6.45) is 4.04. The van der Waals surface area contributed by atoms with Crippen LogP contribution in [0.4, 0.5) is 0 Å². The molecule has 1 aromatic rings. The van der Waals surface area contributed by atoms with Crippen LogP contribution in [-0.4, -0.2) is 58.5 Å². The summed E-state index contributed by atoms with van der Waals surface area (Å²) in [6.45, 7) is 0.374. The molecule has 0 spiro atoms. The Balaban J connectivity index is 2.14. The molecule has 0 aromatic carbocycles. The van der Waals surface area contributed by atoms with Crippen molar-refractivity contribution in [1.82, 2.24) is 9.88 Å². The number of carbonyl (C=O) groups is 1. The van der Waals surface area contributed by atoms with Crippen molar-refractivity contribution in [3.63, 3.8) is 0 Å². The highest BCUT2D eigenvalue weighted by molar-refractivity contribution is 6.02. The molecular formula is C12H17N3O3. The first-order valence-corrected chi connectivity index (χ1v) is 5.85. The Morgan fingerprint density at radius 2 is 2.22 bits per heavy atom. The van der Waals surface area contributed by atoms with Crippen molar-refractivity contribution in [2.75, 3.05) is 20.3 Å². The highest BCUT2D eigenvalue weighted by Gasteiger charge is 2.21. The molecule has 0 atom stereocenters. The predicted octanol–water partition coefficient (Wildman–Crippen LogP) is -0.433. The number of H-pyrrole nitrogens is 1. The van der Waals surface area contributed by atoms with E-state index in [0.29, 0.717) is 18.7 Å². The fourth-order valence-electron chi connectivity index (χ4n) is 2.08. The Hall–Kier alpha value is -1.50. The summed E-state index contributed by atoms with van der Waals surface area (Å²) in [7, 11) is 1.83. The summed E-state index contributed by atoms with van der Waals surface area (Å²) < 4.78 is 0. The van der Waals surface area contributed by atoms with Crippen LogP contribution >= 0.6 is 0 Å². The lowest BCUT2D eigenvalue weighted by Gasteiger charge is -2.24. The van der Waals surface area contributed by atoms with Crippen molar-refractivity contribution in [1.29, 1.82) is 0 Å². The Kier molecular flexibility index (Phi) is 3.90. The minimum absolute atomic E-state index is 0.0972. The summed E-state index contributed by atoms with van der Waals surface area (Å²) in [5.74, 6) is -0.244. The van der Waals surface area contributed by atoms with E-state index >= 15 is 0 Å². The molecule has 0 unspecified atom stereocenters. The molecule has 1 aromatic heterocycles. The number of nitrogens with one attached hydrogen (secondary N) is 1. The molecule has 18 heavy (non-hydrogen) atoms. The normalized spacial score (nSPS) is 14.6. The molecule has 2 heterocycles. The van der Waals surface area contributed by atoms with Crippen molar-refractivity contribution in [2.45, 2.75) is 19.0 Å². The number of rotatable bonds is 5. The lowest BCUT2D eigenvalue weighted by Crippen LogP contribution is -2.37. The fourth-order valence-corrected chi connectivity index (χ4v) is 2.08. The third-order valence-electron chi connectivity index (χ3n) is 3.26. The number of aliphatic hydroxyl groups excluding tert-OH is 2. The number of aromatic amines is 1. The third kappa shape index (κ3) is 2.35. The number of fused-ring (bicyclic) bond motifs is 1. The van der Waals surface area contributed by atoms with E-state index in [-0.39, 0.29) is 25.2 Å². The SMILES string of the molecule is CN(Cc1c[nH]c2c1CC=NC2=O)C(CO)CO. The van der Waals surface area contributed by atoms with Gasteiger partial charge in [0.15, 0.2) is 0 Å². The van der Waals surface area contributed by atoms with Gasteiger partial charge in [-0.25, -0.2) is 4.99 Å². The van der Waals surface area contributed by atoms with Gasteiger partial charge in [0.2, 0.25) is 0 Å². The van der Waals surface area contributed by atoms with E-state index < -0.39 is 0 Å². The molecule has 0 saturated heterocycles. The standard InChI is InChI=1S/C12H17N3O3/c1-15(9(6-16)7-17)5-8-4-14-11-10(8)2-3-13-12(11)18/h3-4,9,14,16-17H,2,5-7H2,1H3. The molecule has 6 nitrogen and oxygen atoms in total. The number of likely N-dealkylation sites (N-methyl/N-ethyl adjacent to an activating group) is 1. The molecule has 0 bridgehead atoms. The molecule has 1 amide bonds. The van der Waals surface area contributed by atoms with Crippen molar-refractivity contribution in [3.8, 4) is 0 Å². The molecule has 2 rings (SSSR count). The van der Waals surface area contributed by atoms with Gasteiger partial charge in [-0.3, -0.25) is 9.69 Å². The van der Waals surface area contributed by atoms with Gasteiger partial charge in [0.05, 0.1) is 19.3 Å². The highest BCUT2D eigenvalue weighted by atomic mass is 16.3. The second kappa shape index (κ2) is 5.43. The molecule has 6 heteroatoms. The van der Waals surface area contributed by atoms with Gasteiger partial charge in [0, 0.05) is 25.4 Å². The topological polar surface area (TPSA) is 88.9 Å². The van der Waals surface area contributed by atoms with Crippen LogP contribution in [-0.2, 0) is 13.0 Å². The van der Waals surface area contributed by atoms with Crippen molar-refractivity contribution < 1.29 is 15.0 Å². The number of hydrogen-bond donors (Lipinski definition) is 3. The van der Waals surface area contributed by atoms with Crippen molar-refractivity contribution >= 4 is 12.1 Å². The average molecular weight is 251 g/mol. The van der Waals surface area contributed by atoms with Gasteiger partial charge in [0.25, 0.3) is 5.91 Å². The quantitative estimate of drug-likeness (QED) is 0.662. The van der Waals surface area contributed by atoms with Crippen LogP contribution in [0.15, 0.2) is 11.2 Å². The minimum atomic E-state index is -0.288. The zero-order valence-corrected chi connectivity index (χ0v) is 10.3. The predicted molar refractivity (Wildman–Crippen MR) is 66.7 cm³/mol. The molecule has 0 radical (unpaired) electrons. The van der Waals surface area contributed by atoms with Crippen LogP contribution in [0, 0.1) is 0 Å². The Morgan fingerprint density at radius 1 is 1.50 bits per heavy atom. The largest absolute Gasteiger partial charge is 0.395 e. The smallest absolute Gasteiger partial charge is 0.293 e. The van der Waals surface area contributed by atoms with Crippen LogP contribution in [0.5, 0.6) is 0 Å². The molecular weight excluding hydrogens is 234 g/mol. The fraction of sp³-hybridized carbons (Fsp3) is 0.500. The van der Waals surface area contributed by atoms with E-state index in [4.69, 9.17) is 10.2 Å². The third-order valence-corrected chi connectivity index (χ3v) is 3.26. The second-order valence-electron chi connectivity index (χ2n) is 4.42. The molecule has 1 aliphatic rings. The van der Waals surface area contributed by atoms with Gasteiger partial charge in [-0.05, 0) is 18.2 Å². The zero-order valence-electron chi connectivity index (χ0n) is 10.3. The molecule has 98 valence electrons. The number of aliphatic imine (C=N–C) groups is 1. The minimum Gasteiger partial charge on any atom is -0.395 e. The van der Waals surface area contributed by atoms with E-state index in [1.54, 1.807) is 12.4 Å². The maximum atomic E-state index is 11.5. The Morgan fingerprint density at radius 3 is 2.89 bits per heavy atom. The molecule has 0 fully saturated rings. The van der Waals surface area contributed by atoms with Gasteiger partial charge in [-0.15, -0.1) is 0 Å². The molecule has 0 aliphatic carbocycles. The number of carbonyl (C=O) groups excluding carboxylic acids is 1. The lowest BCUT2D eigenvalue weighted by atomic mass is 10.0. The highest BCUT2D eigenvalue weighted by Crippen LogP contribution is 2.20. The van der Waals surface area contributed by atoms with Crippen molar-refractivity contribution in [3.05, 3.63) is 23.0 Å². The van der Waals surface area contributed by atoms with Gasteiger partial charge in [0.1, 0.15) is 5.69 Å². The second-order valence-corrected chi connectivity index (χ2v) is 4.42. The van der Waals surface area contributed by atoms with Crippen LogP contribution in [0.1, 0.15) is 21.6 Å².